The van der Waals surface area contributed by atoms with Gasteiger partial charge in [-0.3, -0.25) is 10.1 Å². The summed E-state index contributed by atoms with van der Waals surface area (Å²) in [7, 11) is 0. The zero-order chi connectivity index (χ0) is 31.5. The molecule has 0 atom stereocenters. The highest BCUT2D eigenvalue weighted by Crippen LogP contribution is 2.64. The molecule has 2 rings (SSSR count). The maximum Gasteiger partial charge on any atom is 0.393 e. The third-order valence-electron chi connectivity index (χ3n) is 4.87. The largest absolute Gasteiger partial charge is 0.393 e. The van der Waals surface area contributed by atoms with Crippen molar-refractivity contribution in [1.82, 2.24) is 4.98 Å². The summed E-state index contributed by atoms with van der Waals surface area (Å²) in [5.41, 5.74) is -0.0466. The molecule has 3 nitrogen and oxygen atoms in total. The number of alkyl halides is 17. The van der Waals surface area contributed by atoms with Crippen LogP contribution in [0, 0.1) is 0 Å². The van der Waals surface area contributed by atoms with Crippen molar-refractivity contribution < 1.29 is 75.0 Å². The molecule has 2 aromatic rings. The van der Waals surface area contributed by atoms with E-state index in [-0.39, 0.29) is 27.6 Å². The summed E-state index contributed by atoms with van der Waals surface area (Å²) in [4.78, 5) is 15.1. The van der Waals surface area contributed by atoms with Gasteiger partial charge >= 0.3 is 52.7 Å². The quantitative estimate of drug-likeness (QED) is 0.203. The fourth-order valence-electron chi connectivity index (χ4n) is 2.57. The van der Waals surface area contributed by atoms with Gasteiger partial charge in [-0.25, -0.2) is 4.98 Å². The highest BCUT2D eigenvalue weighted by molar-refractivity contribution is 7.14. The first-order valence-electron chi connectivity index (χ1n) is 9.35. The maximum absolute atomic E-state index is 14.1. The van der Waals surface area contributed by atoms with Crippen molar-refractivity contribution in [1.29, 1.82) is 0 Å². The number of hydrogen-bond acceptors (Lipinski definition) is 3. The number of amides is 1. The minimum Gasteiger partial charge on any atom is -0.296 e. The number of anilines is 1. The maximum atomic E-state index is 14.1. The molecule has 0 bridgehead atoms. The predicted octanol–water partition coefficient (Wildman–Crippen LogP) is 8.68. The minimum atomic E-state index is -8.66. The number of carbonyl (C=O) groups excluding carboxylic acids is 1. The number of nitrogens with one attached hydrogen (secondary N) is 1. The third-order valence-corrected chi connectivity index (χ3v) is 6.12. The van der Waals surface area contributed by atoms with E-state index in [9.17, 15) is 75.0 Å². The number of hydrogen-bond donors (Lipinski definition) is 1. The first kappa shape index (κ1) is 34.0. The fraction of sp³-hybridized carbons (Fsp3) is 0.444. The van der Waals surface area contributed by atoms with E-state index in [1.54, 1.807) is 0 Å². The first-order chi connectivity index (χ1) is 17.6. The van der Waals surface area contributed by atoms with E-state index < -0.39 is 57.9 Å². The molecule has 0 radical (unpaired) electrons. The van der Waals surface area contributed by atoms with Crippen LogP contribution in [0.5, 0.6) is 0 Å². The second-order valence-corrected chi connectivity index (χ2v) is 9.29. The lowest BCUT2D eigenvalue weighted by atomic mass is 9.89. The Hall–Kier alpha value is -2.22. The van der Waals surface area contributed by atoms with E-state index in [1.807, 2.05) is 0 Å². The molecule has 226 valence electrons. The lowest BCUT2D eigenvalue weighted by molar-refractivity contribution is -0.445. The van der Waals surface area contributed by atoms with Crippen molar-refractivity contribution in [3.05, 3.63) is 34.7 Å². The Labute approximate surface area is 224 Å². The second-order valence-electron chi connectivity index (χ2n) is 7.52. The number of halogens is 18. The van der Waals surface area contributed by atoms with Crippen LogP contribution < -0.4 is 5.32 Å². The van der Waals surface area contributed by atoms with Crippen LogP contribution in [-0.2, 0) is 4.79 Å². The topological polar surface area (TPSA) is 42.0 Å². The summed E-state index contributed by atoms with van der Waals surface area (Å²) in [6.07, 6.45) is 0. The Morgan fingerprint density at radius 3 is 1.50 bits per heavy atom. The van der Waals surface area contributed by atoms with Crippen LogP contribution in [0.2, 0.25) is 5.02 Å². The third kappa shape index (κ3) is 4.92. The molecular weight excluding hydrogens is 667 g/mol. The zero-order valence-corrected chi connectivity index (χ0v) is 20.3. The van der Waals surface area contributed by atoms with Crippen LogP contribution in [0.25, 0.3) is 11.3 Å². The predicted molar refractivity (Wildman–Crippen MR) is 107 cm³/mol. The molecule has 1 N–H and O–H groups in total. The highest BCUT2D eigenvalue weighted by Gasteiger charge is 2.95. The molecule has 1 amide bonds. The molecule has 0 spiro atoms. The molecule has 22 heteroatoms. The van der Waals surface area contributed by atoms with Gasteiger partial charge in [0.25, 0.3) is 0 Å². The monoisotopic (exact) mass is 672 g/mol. The van der Waals surface area contributed by atoms with Gasteiger partial charge < -0.3 is 0 Å². The van der Waals surface area contributed by atoms with Crippen molar-refractivity contribution in [2.45, 2.75) is 46.8 Å². The summed E-state index contributed by atoms with van der Waals surface area (Å²) in [5.74, 6) is -60.9. The number of nitrogens with zero attached hydrogens (tertiary/aromatic N) is 1. The smallest absolute Gasteiger partial charge is 0.296 e. The van der Waals surface area contributed by atoms with E-state index in [0.29, 0.717) is 0 Å². The van der Waals surface area contributed by atoms with Gasteiger partial charge in [-0.1, -0.05) is 23.7 Å². The van der Waals surface area contributed by atoms with Crippen molar-refractivity contribution in [3.63, 3.8) is 0 Å². The Bertz CT molecular complexity index is 1240. The van der Waals surface area contributed by atoms with Crippen molar-refractivity contribution in [2.75, 3.05) is 5.32 Å². The SMILES string of the molecule is O=C(Nc1nc(-c2ccc(Cl)cc2)cs1)C(F)(F)C(F)(F)C(F)(F)C(F)(F)C(F)(F)C(F)(F)C(F)(F)C(F)(F)Cl. The van der Waals surface area contributed by atoms with Gasteiger partial charge in [0.2, 0.25) is 0 Å². The zero-order valence-electron chi connectivity index (χ0n) is 18.0. The molecule has 1 heterocycles. The molecule has 0 aliphatic rings. The van der Waals surface area contributed by atoms with Crippen LogP contribution in [0.4, 0.5) is 75.4 Å². The van der Waals surface area contributed by atoms with Crippen molar-refractivity contribution >= 4 is 45.6 Å². The van der Waals surface area contributed by atoms with Crippen LogP contribution in [0.15, 0.2) is 29.6 Å². The molecule has 0 aliphatic heterocycles. The number of rotatable bonds is 10. The summed E-state index contributed by atoms with van der Waals surface area (Å²) in [5, 5.41) is -6.04. The van der Waals surface area contributed by atoms with E-state index in [1.165, 1.54) is 24.3 Å². The van der Waals surface area contributed by atoms with Crippen molar-refractivity contribution in [2.24, 2.45) is 0 Å². The van der Waals surface area contributed by atoms with E-state index in [2.05, 4.69) is 16.6 Å². The second kappa shape index (κ2) is 9.95. The van der Waals surface area contributed by atoms with E-state index >= 15 is 0 Å². The standard InChI is InChI=1S/C18H6Cl2F16N2OS/c19-7-3-1-6(2-4-7)8-5-40-10(37-8)38-9(39)11(21,22)12(23,24)13(25,26)14(27,28)15(29,30)16(31,32)17(33,34)18(20,35)36/h1-5H,(H,37,38,39). The molecule has 0 unspecified atom stereocenters. The summed E-state index contributed by atoms with van der Waals surface area (Å²) < 4.78 is 217. The van der Waals surface area contributed by atoms with Gasteiger partial charge in [0.15, 0.2) is 5.13 Å². The van der Waals surface area contributed by atoms with Gasteiger partial charge in [-0.2, -0.15) is 70.2 Å². The molecule has 40 heavy (non-hydrogen) atoms. The van der Waals surface area contributed by atoms with Crippen LogP contribution in [-0.4, -0.2) is 57.7 Å². The molecular formula is C18H6Cl2F16N2OS. The lowest BCUT2D eigenvalue weighted by Crippen LogP contribution is -2.75. The minimum absolute atomic E-state index is 0.145. The Kier molecular flexibility index (Phi) is 8.46. The molecule has 0 fully saturated rings. The van der Waals surface area contributed by atoms with Gasteiger partial charge in [0, 0.05) is 16.0 Å². The molecule has 0 saturated heterocycles. The fourth-order valence-corrected chi connectivity index (χ4v) is 3.53. The van der Waals surface area contributed by atoms with Crippen LogP contribution in [0.1, 0.15) is 0 Å². The number of thiazole rings is 1. The molecule has 0 saturated carbocycles. The Morgan fingerprint density at radius 1 is 0.675 bits per heavy atom. The van der Waals surface area contributed by atoms with Gasteiger partial charge in [-0.05, 0) is 23.7 Å². The Morgan fingerprint density at radius 2 is 1.07 bits per heavy atom. The van der Waals surface area contributed by atoms with E-state index in [0.717, 1.165) is 10.7 Å². The molecule has 1 aromatic heterocycles. The Balaban J connectivity index is 2.46. The molecule has 1 aromatic carbocycles. The number of benzene rings is 1. The van der Waals surface area contributed by atoms with Crippen LogP contribution in [0.3, 0.4) is 0 Å². The lowest BCUT2D eigenvalue weighted by Gasteiger charge is -2.42. The van der Waals surface area contributed by atoms with Gasteiger partial charge in [0.05, 0.1) is 5.69 Å². The molecule has 0 aliphatic carbocycles. The first-order valence-corrected chi connectivity index (χ1v) is 11.0. The van der Waals surface area contributed by atoms with Crippen molar-refractivity contribution in [3.8, 4) is 11.3 Å². The van der Waals surface area contributed by atoms with Gasteiger partial charge in [-0.15, -0.1) is 11.3 Å². The van der Waals surface area contributed by atoms with E-state index in [4.69, 9.17) is 11.6 Å². The number of aromatic nitrogens is 1. The normalized spacial score (nSPS) is 14.8. The number of carbonyl (C=O) groups is 1. The van der Waals surface area contributed by atoms with Gasteiger partial charge in [0.1, 0.15) is 0 Å². The summed E-state index contributed by atoms with van der Waals surface area (Å²) >= 11 is 9.22. The average Bonchev–Trinajstić information content (AvgIpc) is 3.26. The highest BCUT2D eigenvalue weighted by atomic mass is 35.5. The summed E-state index contributed by atoms with van der Waals surface area (Å²) in [6.45, 7) is 0. The van der Waals surface area contributed by atoms with Crippen LogP contribution >= 0.6 is 34.5 Å². The summed E-state index contributed by atoms with van der Waals surface area (Å²) in [6, 6.07) is 5.06. The average molecular weight is 673 g/mol.